The van der Waals surface area contributed by atoms with Crippen LogP contribution in [-0.4, -0.2) is 17.3 Å². The van der Waals surface area contributed by atoms with E-state index < -0.39 is 0 Å². The second-order valence-corrected chi connectivity index (χ2v) is 2.97. The highest BCUT2D eigenvalue weighted by Crippen LogP contribution is 2.00. The van der Waals surface area contributed by atoms with Crippen molar-refractivity contribution in [3.05, 3.63) is 0 Å². The Bertz CT molecular complexity index is 194. The lowest BCUT2D eigenvalue weighted by molar-refractivity contribution is -0.125. The Kier molecular flexibility index (Phi) is 5.17. The second-order valence-electron chi connectivity index (χ2n) is 2.97. The van der Waals surface area contributed by atoms with Crippen LogP contribution in [0.3, 0.4) is 0 Å². The molecule has 68 valence electrons. The van der Waals surface area contributed by atoms with Crippen molar-refractivity contribution >= 4 is 17.3 Å². The van der Waals surface area contributed by atoms with Gasteiger partial charge in [-0.05, 0) is 20.3 Å². The van der Waals surface area contributed by atoms with Crippen molar-refractivity contribution in [2.45, 2.75) is 39.5 Å². The third-order valence-corrected chi connectivity index (χ3v) is 1.43. The standard InChI is InChI=1S/C9H14O3/c1-7(10)4-3-5-9(12)6-8(2)11/h3-6H2,1-2H3. The second kappa shape index (κ2) is 5.63. The maximum Gasteiger partial charge on any atom is 0.140 e. The lowest BCUT2D eigenvalue weighted by Crippen LogP contribution is -2.04. The molecule has 3 nitrogen and oxygen atoms in total. The zero-order valence-electron chi connectivity index (χ0n) is 7.55. The van der Waals surface area contributed by atoms with E-state index >= 15 is 0 Å². The van der Waals surface area contributed by atoms with Crippen molar-refractivity contribution < 1.29 is 14.4 Å². The largest absolute Gasteiger partial charge is 0.300 e. The molecule has 0 aliphatic rings. The van der Waals surface area contributed by atoms with Gasteiger partial charge in [-0.1, -0.05) is 0 Å². The molecule has 0 saturated carbocycles. The molecule has 3 heteroatoms. The quantitative estimate of drug-likeness (QED) is 0.564. The highest BCUT2D eigenvalue weighted by atomic mass is 16.1. The van der Waals surface area contributed by atoms with Gasteiger partial charge in [0.05, 0.1) is 6.42 Å². The zero-order chi connectivity index (χ0) is 9.56. The topological polar surface area (TPSA) is 51.2 Å². The van der Waals surface area contributed by atoms with Crippen molar-refractivity contribution in [2.24, 2.45) is 0 Å². The number of hydrogen-bond acceptors (Lipinski definition) is 3. The summed E-state index contributed by atoms with van der Waals surface area (Å²) in [4.78, 5) is 31.8. The Hall–Kier alpha value is -0.990. The summed E-state index contributed by atoms with van der Waals surface area (Å²) >= 11 is 0. The average molecular weight is 170 g/mol. The van der Waals surface area contributed by atoms with E-state index in [2.05, 4.69) is 0 Å². The normalized spacial score (nSPS) is 9.50. The third-order valence-electron chi connectivity index (χ3n) is 1.43. The van der Waals surface area contributed by atoms with Gasteiger partial charge in [0, 0.05) is 12.8 Å². The van der Waals surface area contributed by atoms with Gasteiger partial charge in [0.25, 0.3) is 0 Å². The fraction of sp³-hybridized carbons (Fsp3) is 0.667. The van der Waals surface area contributed by atoms with Crippen LogP contribution in [0.1, 0.15) is 39.5 Å². The summed E-state index contributed by atoms with van der Waals surface area (Å²) < 4.78 is 0. The smallest absolute Gasteiger partial charge is 0.140 e. The van der Waals surface area contributed by atoms with Gasteiger partial charge in [-0.3, -0.25) is 9.59 Å². The van der Waals surface area contributed by atoms with Gasteiger partial charge < -0.3 is 4.79 Å². The van der Waals surface area contributed by atoms with Gasteiger partial charge >= 0.3 is 0 Å². The molecule has 0 aromatic heterocycles. The summed E-state index contributed by atoms with van der Waals surface area (Å²) in [6.07, 6.45) is 1.36. The molecule has 0 rings (SSSR count). The molecule has 0 amide bonds. The molecule has 12 heavy (non-hydrogen) atoms. The van der Waals surface area contributed by atoms with E-state index in [1.54, 1.807) is 0 Å². The molecule has 0 radical (unpaired) electrons. The van der Waals surface area contributed by atoms with Crippen molar-refractivity contribution in [3.8, 4) is 0 Å². The van der Waals surface area contributed by atoms with Crippen LogP contribution in [0.5, 0.6) is 0 Å². The Morgan fingerprint density at radius 2 is 1.50 bits per heavy atom. The highest BCUT2D eigenvalue weighted by molar-refractivity contribution is 5.97. The molecule has 0 bridgehead atoms. The van der Waals surface area contributed by atoms with E-state index in [9.17, 15) is 14.4 Å². The predicted molar refractivity (Wildman–Crippen MR) is 44.8 cm³/mol. The van der Waals surface area contributed by atoms with Crippen molar-refractivity contribution in [1.29, 1.82) is 0 Å². The first-order valence-corrected chi connectivity index (χ1v) is 4.03. The minimum atomic E-state index is -0.108. The molecule has 0 aromatic rings. The van der Waals surface area contributed by atoms with Gasteiger partial charge in [-0.25, -0.2) is 0 Å². The summed E-state index contributed by atoms with van der Waals surface area (Å²) in [7, 11) is 0. The van der Waals surface area contributed by atoms with Crippen LogP contribution in [0.15, 0.2) is 0 Å². The van der Waals surface area contributed by atoms with Crippen molar-refractivity contribution in [1.82, 2.24) is 0 Å². The average Bonchev–Trinajstić information content (AvgIpc) is 1.84. The first-order valence-electron chi connectivity index (χ1n) is 4.03. The zero-order valence-corrected chi connectivity index (χ0v) is 7.55. The van der Waals surface area contributed by atoms with Crippen molar-refractivity contribution in [2.75, 3.05) is 0 Å². The first kappa shape index (κ1) is 11.0. The lowest BCUT2D eigenvalue weighted by atomic mass is 10.1. The fourth-order valence-corrected chi connectivity index (χ4v) is 0.901. The SMILES string of the molecule is CC(=O)CCCC(=O)CC(C)=O. The summed E-state index contributed by atoms with van der Waals surface area (Å²) in [5.74, 6) is -0.0859. The maximum absolute atomic E-state index is 10.9. The minimum Gasteiger partial charge on any atom is -0.300 e. The maximum atomic E-state index is 10.9. The monoisotopic (exact) mass is 170 g/mol. The van der Waals surface area contributed by atoms with Gasteiger partial charge in [0.1, 0.15) is 17.3 Å². The molecule has 0 aliphatic carbocycles. The molecule has 0 N–H and O–H groups in total. The number of ketones is 3. The molecule has 0 saturated heterocycles. The number of carbonyl (C=O) groups is 3. The van der Waals surface area contributed by atoms with Crippen molar-refractivity contribution in [3.63, 3.8) is 0 Å². The van der Waals surface area contributed by atoms with Crippen LogP contribution in [0, 0.1) is 0 Å². The van der Waals surface area contributed by atoms with Crippen LogP contribution in [0.4, 0.5) is 0 Å². The van der Waals surface area contributed by atoms with Gasteiger partial charge in [0.2, 0.25) is 0 Å². The van der Waals surface area contributed by atoms with E-state index in [-0.39, 0.29) is 23.8 Å². The lowest BCUT2D eigenvalue weighted by Gasteiger charge is -1.95. The number of carbonyl (C=O) groups excluding carboxylic acids is 3. The molecular formula is C9H14O3. The fourth-order valence-electron chi connectivity index (χ4n) is 0.901. The minimum absolute atomic E-state index is 0.0118. The molecular weight excluding hydrogens is 156 g/mol. The summed E-state index contributed by atoms with van der Waals surface area (Å²) in [6, 6.07) is 0. The third kappa shape index (κ3) is 7.12. The molecule has 0 aromatic carbocycles. The van der Waals surface area contributed by atoms with Gasteiger partial charge in [-0.2, -0.15) is 0 Å². The van der Waals surface area contributed by atoms with Crippen LogP contribution in [-0.2, 0) is 14.4 Å². The van der Waals surface area contributed by atoms with Crippen LogP contribution < -0.4 is 0 Å². The predicted octanol–water partition coefficient (Wildman–Crippen LogP) is 1.29. The van der Waals surface area contributed by atoms with E-state index in [1.807, 2.05) is 0 Å². The molecule has 0 unspecified atom stereocenters. The Morgan fingerprint density at radius 3 is 1.92 bits per heavy atom. The van der Waals surface area contributed by atoms with Crippen LogP contribution >= 0.6 is 0 Å². The number of rotatable bonds is 6. The van der Waals surface area contributed by atoms with Crippen LogP contribution in [0.2, 0.25) is 0 Å². The molecule has 0 aliphatic heterocycles. The molecule has 0 heterocycles. The summed E-state index contributed by atoms with van der Waals surface area (Å²) in [5.41, 5.74) is 0. The first-order chi connectivity index (χ1) is 5.52. The number of Topliss-reactive ketones (excluding diaryl/α,β-unsaturated/α-hetero) is 3. The van der Waals surface area contributed by atoms with E-state index in [0.717, 1.165) is 0 Å². The van der Waals surface area contributed by atoms with Gasteiger partial charge in [-0.15, -0.1) is 0 Å². The Balaban J connectivity index is 3.44. The van der Waals surface area contributed by atoms with E-state index in [4.69, 9.17) is 0 Å². The molecule has 0 spiro atoms. The molecule has 0 fully saturated rings. The number of hydrogen-bond donors (Lipinski definition) is 0. The highest BCUT2D eigenvalue weighted by Gasteiger charge is 2.05. The van der Waals surface area contributed by atoms with E-state index in [0.29, 0.717) is 19.3 Å². The Morgan fingerprint density at radius 1 is 0.917 bits per heavy atom. The van der Waals surface area contributed by atoms with E-state index in [1.165, 1.54) is 13.8 Å². The van der Waals surface area contributed by atoms with Gasteiger partial charge in [0.15, 0.2) is 0 Å². The van der Waals surface area contributed by atoms with Crippen LogP contribution in [0.25, 0.3) is 0 Å². The summed E-state index contributed by atoms with van der Waals surface area (Å²) in [6.45, 7) is 2.89. The summed E-state index contributed by atoms with van der Waals surface area (Å²) in [5, 5.41) is 0. The molecule has 0 atom stereocenters. The Labute approximate surface area is 72.1 Å².